The Morgan fingerprint density at radius 2 is 1.43 bits per heavy atom. The molecule has 0 unspecified atom stereocenters. The number of benzene rings is 1. The van der Waals surface area contributed by atoms with Gasteiger partial charge >= 0.3 is 18.3 Å². The van der Waals surface area contributed by atoms with Gasteiger partial charge in [-0.2, -0.15) is 0 Å². The van der Waals surface area contributed by atoms with Gasteiger partial charge in [0.2, 0.25) is 0 Å². The van der Waals surface area contributed by atoms with Crippen LogP contribution in [0.3, 0.4) is 0 Å². The summed E-state index contributed by atoms with van der Waals surface area (Å²) >= 11 is 0. The summed E-state index contributed by atoms with van der Waals surface area (Å²) in [6, 6.07) is 9.61. The van der Waals surface area contributed by atoms with Crippen LogP contribution in [0.4, 0.5) is 14.4 Å². The van der Waals surface area contributed by atoms with Gasteiger partial charge in [-0.05, 0) is 77.7 Å². The predicted molar refractivity (Wildman–Crippen MR) is 160 cm³/mol. The van der Waals surface area contributed by atoms with Gasteiger partial charge in [0, 0.05) is 32.1 Å². The average Bonchev–Trinajstić information content (AvgIpc) is 3.34. The molecule has 10 heteroatoms. The summed E-state index contributed by atoms with van der Waals surface area (Å²) < 4.78 is 16.1. The molecule has 2 aliphatic heterocycles. The van der Waals surface area contributed by atoms with E-state index >= 15 is 0 Å². The Hall–Kier alpha value is -3.01. The van der Waals surface area contributed by atoms with E-state index in [1.54, 1.807) is 4.90 Å². The third kappa shape index (κ3) is 7.49. The van der Waals surface area contributed by atoms with Crippen molar-refractivity contribution in [2.75, 3.05) is 26.2 Å². The number of carbonyl (C=O) groups excluding carboxylic acids is 3. The fourth-order valence-corrected chi connectivity index (χ4v) is 7.07. The van der Waals surface area contributed by atoms with Gasteiger partial charge in [-0.15, -0.1) is 0 Å². The van der Waals surface area contributed by atoms with Crippen molar-refractivity contribution in [2.24, 2.45) is 23.7 Å². The number of amides is 3. The van der Waals surface area contributed by atoms with Crippen LogP contribution in [0.5, 0.6) is 0 Å². The molecular formula is C32H50N4O6. The molecule has 4 aliphatic rings. The molecule has 42 heavy (non-hydrogen) atoms. The molecule has 5 rings (SSSR count). The number of nitrogens with one attached hydrogen (secondary N) is 3. The van der Waals surface area contributed by atoms with Crippen LogP contribution in [0.2, 0.25) is 0 Å². The minimum absolute atomic E-state index is 0.0399. The Morgan fingerprint density at radius 1 is 0.881 bits per heavy atom. The standard InChI is InChI=1S/C20H28N2O4.C12H22N2O2/c1-14-10-20(21-17(23)26-19(2,3)4)13-22(11-16(14)20)18(24)25-12-15-8-6-5-7-9-15;1-8-5-12(7-13-6-9(8)12)14-10(15)16-11(2,3)4/h5-9,14,16H,10-13H2,1-4H3,(H,21,23);8-9,13H,5-7H2,1-4H3,(H,14,15)/t14-,16-,20+;8-,9-,12+/m11/s1. The smallest absolute Gasteiger partial charge is 0.410 e. The van der Waals surface area contributed by atoms with Crippen LogP contribution >= 0.6 is 0 Å². The van der Waals surface area contributed by atoms with E-state index in [2.05, 4.69) is 29.8 Å². The Morgan fingerprint density at radius 3 is 1.98 bits per heavy atom. The zero-order chi connectivity index (χ0) is 30.9. The molecule has 1 aromatic carbocycles. The first-order valence-electron chi connectivity index (χ1n) is 15.2. The number of rotatable bonds is 4. The van der Waals surface area contributed by atoms with Gasteiger partial charge in [0.15, 0.2) is 0 Å². The van der Waals surface area contributed by atoms with Gasteiger partial charge in [0.25, 0.3) is 0 Å². The van der Waals surface area contributed by atoms with Crippen molar-refractivity contribution >= 4 is 18.3 Å². The second kappa shape index (κ2) is 11.9. The lowest BCUT2D eigenvalue weighted by Crippen LogP contribution is -2.64. The molecule has 0 radical (unpaired) electrons. The molecule has 1 aromatic rings. The first-order valence-corrected chi connectivity index (χ1v) is 15.2. The number of ether oxygens (including phenoxy) is 3. The quantitative estimate of drug-likeness (QED) is 0.422. The van der Waals surface area contributed by atoms with E-state index in [9.17, 15) is 14.4 Å². The van der Waals surface area contributed by atoms with Gasteiger partial charge in [-0.1, -0.05) is 44.2 Å². The first-order chi connectivity index (χ1) is 19.5. The minimum Gasteiger partial charge on any atom is -0.445 e. The molecule has 0 spiro atoms. The summed E-state index contributed by atoms with van der Waals surface area (Å²) in [4.78, 5) is 38.1. The van der Waals surface area contributed by atoms with E-state index in [0.29, 0.717) is 30.8 Å². The third-order valence-corrected chi connectivity index (χ3v) is 8.82. The summed E-state index contributed by atoms with van der Waals surface area (Å²) in [6.07, 6.45) is 0.867. The van der Waals surface area contributed by atoms with Gasteiger partial charge in [0.05, 0.1) is 11.1 Å². The highest BCUT2D eigenvalue weighted by molar-refractivity contribution is 5.72. The van der Waals surface area contributed by atoms with E-state index in [1.165, 1.54) is 0 Å². The molecule has 4 fully saturated rings. The lowest BCUT2D eigenvalue weighted by Gasteiger charge is -2.49. The summed E-state index contributed by atoms with van der Waals surface area (Å²) in [5.41, 5.74) is -0.441. The van der Waals surface area contributed by atoms with Gasteiger partial charge in [-0.25, -0.2) is 14.4 Å². The number of fused-ring (bicyclic) bond motifs is 2. The lowest BCUT2D eigenvalue weighted by atomic mass is 9.61. The van der Waals surface area contributed by atoms with Gasteiger partial charge in [0.1, 0.15) is 17.8 Å². The van der Waals surface area contributed by atoms with Gasteiger partial charge < -0.3 is 35.1 Å². The molecule has 2 saturated heterocycles. The summed E-state index contributed by atoms with van der Waals surface area (Å²) in [7, 11) is 0. The van der Waals surface area contributed by atoms with E-state index in [1.807, 2.05) is 71.9 Å². The van der Waals surface area contributed by atoms with Crippen molar-refractivity contribution in [3.05, 3.63) is 35.9 Å². The largest absolute Gasteiger partial charge is 0.445 e. The summed E-state index contributed by atoms with van der Waals surface area (Å²) in [6.45, 7) is 18.8. The Labute approximate surface area is 250 Å². The van der Waals surface area contributed by atoms with Crippen molar-refractivity contribution < 1.29 is 28.6 Å². The van der Waals surface area contributed by atoms with Gasteiger partial charge in [-0.3, -0.25) is 0 Å². The third-order valence-electron chi connectivity index (χ3n) is 8.82. The van der Waals surface area contributed by atoms with Crippen molar-refractivity contribution in [3.8, 4) is 0 Å². The van der Waals surface area contributed by atoms with Crippen molar-refractivity contribution in [1.82, 2.24) is 20.9 Å². The number of alkyl carbamates (subject to hydrolysis) is 2. The molecule has 3 amide bonds. The predicted octanol–water partition coefficient (Wildman–Crippen LogP) is 5.07. The summed E-state index contributed by atoms with van der Waals surface area (Å²) in [5.74, 6) is 1.96. The Balaban J connectivity index is 0.000000216. The first kappa shape index (κ1) is 31.9. The SMILES string of the molecule is C[C@@H]1C[C@]2(NC(=O)OC(C)(C)C)CN(C(=O)OCc3ccccc3)C[C@H]12.C[C@@H]1C[C@]2(NC(=O)OC(C)(C)C)CNC[C@H]12. The maximum Gasteiger partial charge on any atom is 0.410 e. The number of carbonyl (C=O) groups is 3. The maximum atomic E-state index is 12.5. The fourth-order valence-electron chi connectivity index (χ4n) is 7.07. The van der Waals surface area contributed by atoms with Crippen LogP contribution in [0, 0.1) is 23.7 Å². The number of hydrogen-bond acceptors (Lipinski definition) is 7. The molecule has 3 N–H and O–H groups in total. The lowest BCUT2D eigenvalue weighted by molar-refractivity contribution is 0.0164. The van der Waals surface area contributed by atoms with Crippen LogP contribution in [-0.4, -0.2) is 71.6 Å². The highest BCUT2D eigenvalue weighted by Gasteiger charge is 2.59. The molecule has 6 atom stereocenters. The number of likely N-dealkylation sites (tertiary alicyclic amines) is 1. The van der Waals surface area contributed by atoms with Crippen LogP contribution in [0.25, 0.3) is 0 Å². The van der Waals surface area contributed by atoms with Crippen LogP contribution in [-0.2, 0) is 20.8 Å². The molecule has 2 heterocycles. The van der Waals surface area contributed by atoms with E-state index < -0.39 is 22.8 Å². The normalized spacial score (nSPS) is 31.2. The van der Waals surface area contributed by atoms with Crippen molar-refractivity contribution in [3.63, 3.8) is 0 Å². The van der Waals surface area contributed by atoms with Crippen LogP contribution < -0.4 is 16.0 Å². The van der Waals surface area contributed by atoms with Crippen molar-refractivity contribution in [2.45, 2.75) is 97.1 Å². The zero-order valence-electron chi connectivity index (χ0n) is 26.5. The highest BCUT2D eigenvalue weighted by Crippen LogP contribution is 2.49. The molecule has 234 valence electrons. The molecule has 10 nitrogen and oxygen atoms in total. The highest BCUT2D eigenvalue weighted by atomic mass is 16.6. The second-order valence-electron chi connectivity index (χ2n) is 14.7. The summed E-state index contributed by atoms with van der Waals surface area (Å²) in [5, 5.41) is 9.44. The van der Waals surface area contributed by atoms with E-state index in [0.717, 1.165) is 31.5 Å². The van der Waals surface area contributed by atoms with Crippen LogP contribution in [0.1, 0.15) is 73.8 Å². The number of nitrogens with zero attached hydrogens (tertiary/aromatic N) is 1. The monoisotopic (exact) mass is 586 g/mol. The Bertz CT molecular complexity index is 1130. The molecule has 0 aromatic heterocycles. The minimum atomic E-state index is -0.543. The molecule has 2 saturated carbocycles. The fraction of sp³-hybridized carbons (Fsp3) is 0.719. The second-order valence-corrected chi connectivity index (χ2v) is 14.7. The Kier molecular flexibility index (Phi) is 9.07. The molecule has 0 bridgehead atoms. The topological polar surface area (TPSA) is 118 Å². The molecule has 2 aliphatic carbocycles. The molecular weight excluding hydrogens is 536 g/mol. The zero-order valence-corrected chi connectivity index (χ0v) is 26.5. The van der Waals surface area contributed by atoms with E-state index in [-0.39, 0.29) is 30.3 Å². The van der Waals surface area contributed by atoms with E-state index in [4.69, 9.17) is 14.2 Å². The average molecular weight is 587 g/mol. The van der Waals surface area contributed by atoms with Crippen molar-refractivity contribution in [1.29, 1.82) is 0 Å². The number of hydrogen-bond donors (Lipinski definition) is 3. The maximum absolute atomic E-state index is 12.5. The van der Waals surface area contributed by atoms with Crippen LogP contribution in [0.15, 0.2) is 30.3 Å².